The van der Waals surface area contributed by atoms with Gasteiger partial charge >= 0.3 is 0 Å². The second-order valence-corrected chi connectivity index (χ2v) is 10.6. The largest absolute Gasteiger partial charge is 0.277 e. The van der Waals surface area contributed by atoms with Gasteiger partial charge in [-0.1, -0.05) is 23.2 Å². The zero-order valence-corrected chi connectivity index (χ0v) is 10.7. The van der Waals surface area contributed by atoms with Gasteiger partial charge in [-0.05, 0) is 45.9 Å². The highest BCUT2D eigenvalue weighted by Crippen LogP contribution is 2.58. The molecule has 12 heavy (non-hydrogen) atoms. The van der Waals surface area contributed by atoms with Crippen molar-refractivity contribution in [3.63, 3.8) is 0 Å². The van der Waals surface area contributed by atoms with Gasteiger partial charge in [0.1, 0.15) is 0 Å². The first-order chi connectivity index (χ1) is 5.15. The van der Waals surface area contributed by atoms with E-state index in [1.54, 1.807) is 0 Å². The molecular formula is C3HCl5NOPS. The molecule has 0 saturated heterocycles. The fourth-order valence-corrected chi connectivity index (χ4v) is 1.18. The lowest BCUT2D eigenvalue weighted by atomic mass is 10.5. The topological polar surface area (TPSA) is 29.4 Å². The number of hydrogen-bond donors (Lipinski definition) is 0. The number of carbonyl (C=O) groups is 1. The van der Waals surface area contributed by atoms with E-state index in [0.29, 0.717) is 0 Å². The quantitative estimate of drug-likeness (QED) is 0.344. The van der Waals surface area contributed by atoms with E-state index in [2.05, 4.69) is 16.6 Å². The standard InChI is InChI=1S/C3HCl5NOPS/c4-2(10)3(5,6)1-9-11(7,8)12/h1H. The summed E-state index contributed by atoms with van der Waals surface area (Å²) in [6, 6.07) is 0. The molecule has 0 aromatic rings. The van der Waals surface area contributed by atoms with Crippen LogP contribution in [-0.4, -0.2) is 15.8 Å². The van der Waals surface area contributed by atoms with Crippen LogP contribution in [0.25, 0.3) is 0 Å². The Balaban J connectivity index is 4.56. The van der Waals surface area contributed by atoms with Gasteiger partial charge in [-0.3, -0.25) is 4.79 Å². The first kappa shape index (κ1) is 13.4. The number of nitrogens with zero attached hydrogens (tertiary/aromatic N) is 1. The summed E-state index contributed by atoms with van der Waals surface area (Å²) in [4.78, 5) is 7.65. The minimum absolute atomic E-state index is 0.826. The molecule has 9 heteroatoms. The maximum Gasteiger partial charge on any atom is 0.263 e. The van der Waals surface area contributed by atoms with Crippen molar-refractivity contribution in [3.8, 4) is 0 Å². The smallest absolute Gasteiger partial charge is 0.263 e. The number of carbonyl (C=O) groups excluding carboxylic acids is 1. The molecule has 0 bridgehead atoms. The van der Waals surface area contributed by atoms with Crippen LogP contribution in [0.4, 0.5) is 0 Å². The molecule has 0 saturated carbocycles. The molecule has 0 aliphatic carbocycles. The van der Waals surface area contributed by atoms with E-state index in [1.165, 1.54) is 0 Å². The first-order valence-electron chi connectivity index (χ1n) is 2.29. The average molecular weight is 307 g/mol. The minimum atomic E-state index is -2.83. The van der Waals surface area contributed by atoms with E-state index in [-0.39, 0.29) is 0 Å². The monoisotopic (exact) mass is 305 g/mol. The van der Waals surface area contributed by atoms with Crippen molar-refractivity contribution < 1.29 is 4.79 Å². The van der Waals surface area contributed by atoms with Gasteiger partial charge in [-0.2, -0.15) is 0 Å². The molecule has 0 aliphatic rings. The van der Waals surface area contributed by atoms with Crippen LogP contribution in [0.2, 0.25) is 0 Å². The summed E-state index contributed by atoms with van der Waals surface area (Å²) in [6.45, 7) is 0. The van der Waals surface area contributed by atoms with Crippen LogP contribution in [0, 0.1) is 0 Å². The van der Waals surface area contributed by atoms with Crippen LogP contribution in [0.15, 0.2) is 4.76 Å². The van der Waals surface area contributed by atoms with Crippen molar-refractivity contribution in [2.75, 3.05) is 0 Å². The maximum absolute atomic E-state index is 10.5. The summed E-state index contributed by atoms with van der Waals surface area (Å²) in [5, 5.41) is -0.994. The predicted octanol–water partition coefficient (Wildman–Crippen LogP) is 3.70. The third-order valence-electron chi connectivity index (χ3n) is 0.616. The molecule has 0 rings (SSSR count). The molecule has 0 heterocycles. The second kappa shape index (κ2) is 4.79. The molecular weight excluding hydrogens is 306 g/mol. The van der Waals surface area contributed by atoms with Crippen molar-refractivity contribution in [2.24, 2.45) is 4.76 Å². The Labute approximate surface area is 98.8 Å². The van der Waals surface area contributed by atoms with Crippen molar-refractivity contribution >= 4 is 85.4 Å². The molecule has 0 N–H and O–H groups in total. The fourth-order valence-electron chi connectivity index (χ4n) is 0.190. The second-order valence-electron chi connectivity index (χ2n) is 1.58. The Morgan fingerprint density at radius 2 is 1.92 bits per heavy atom. The summed E-state index contributed by atoms with van der Waals surface area (Å²) >= 11 is 31.0. The Kier molecular flexibility index (Phi) is 5.36. The van der Waals surface area contributed by atoms with Crippen LogP contribution in [-0.2, 0) is 16.6 Å². The molecule has 0 amide bonds. The van der Waals surface area contributed by atoms with Crippen molar-refractivity contribution in [1.82, 2.24) is 0 Å². The highest BCUT2D eigenvalue weighted by atomic mass is 35.9. The minimum Gasteiger partial charge on any atom is -0.277 e. The number of rotatable bonds is 3. The molecule has 0 aromatic heterocycles. The number of halogens is 5. The number of hydrogen-bond acceptors (Lipinski definition) is 2. The highest BCUT2D eigenvalue weighted by molar-refractivity contribution is 8.38. The average Bonchev–Trinajstić information content (AvgIpc) is 1.82. The van der Waals surface area contributed by atoms with Gasteiger partial charge in [-0.25, -0.2) is 4.76 Å². The number of alkyl halides is 2. The van der Waals surface area contributed by atoms with Gasteiger partial charge in [0.2, 0.25) is 9.23 Å². The summed E-state index contributed by atoms with van der Waals surface area (Å²) in [5.74, 6) is 0. The fraction of sp³-hybridized carbons (Fsp3) is 0.333. The van der Waals surface area contributed by atoms with Gasteiger partial charge < -0.3 is 0 Å². The summed E-state index contributed by atoms with van der Waals surface area (Å²) in [6.07, 6.45) is 0.826. The predicted molar refractivity (Wildman–Crippen MR) is 59.8 cm³/mol. The lowest BCUT2D eigenvalue weighted by molar-refractivity contribution is -0.111. The molecule has 0 fully saturated rings. The molecule has 0 unspecified atom stereocenters. The van der Waals surface area contributed by atoms with Gasteiger partial charge in [0.15, 0.2) is 0 Å². The molecule has 0 radical (unpaired) electrons. The Bertz CT molecular complexity index is 259. The van der Waals surface area contributed by atoms with E-state index in [1.807, 2.05) is 0 Å². The third kappa shape index (κ3) is 5.98. The van der Waals surface area contributed by atoms with Gasteiger partial charge in [0.05, 0.1) is 6.21 Å². The Morgan fingerprint density at radius 1 is 1.50 bits per heavy atom. The lowest BCUT2D eigenvalue weighted by Gasteiger charge is -2.07. The van der Waals surface area contributed by atoms with E-state index in [4.69, 9.17) is 57.3 Å². The van der Waals surface area contributed by atoms with E-state index < -0.39 is 14.5 Å². The SMILES string of the molecule is O=C(Cl)C(Cl)(Cl)C=NP(=S)(Cl)Cl. The first-order valence-corrected chi connectivity index (χ1v) is 7.99. The van der Waals surface area contributed by atoms with Crippen molar-refractivity contribution in [2.45, 2.75) is 4.33 Å². The molecule has 0 spiro atoms. The van der Waals surface area contributed by atoms with Crippen LogP contribution < -0.4 is 0 Å². The lowest BCUT2D eigenvalue weighted by Crippen LogP contribution is -2.22. The zero-order chi connectivity index (χ0) is 9.99. The third-order valence-corrected chi connectivity index (χ3v) is 2.84. The van der Waals surface area contributed by atoms with Crippen molar-refractivity contribution in [3.05, 3.63) is 0 Å². The van der Waals surface area contributed by atoms with Crippen molar-refractivity contribution in [1.29, 1.82) is 0 Å². The van der Waals surface area contributed by atoms with E-state index >= 15 is 0 Å². The van der Waals surface area contributed by atoms with Gasteiger partial charge in [-0.15, -0.1) is 0 Å². The maximum atomic E-state index is 10.5. The molecule has 0 aromatic carbocycles. The molecule has 0 atom stereocenters. The van der Waals surface area contributed by atoms with E-state index in [0.717, 1.165) is 6.21 Å². The molecule has 0 aliphatic heterocycles. The van der Waals surface area contributed by atoms with Gasteiger partial charge in [0, 0.05) is 0 Å². The molecule has 2 nitrogen and oxygen atoms in total. The van der Waals surface area contributed by atoms with E-state index in [9.17, 15) is 4.79 Å². The van der Waals surface area contributed by atoms with Crippen LogP contribution in [0.1, 0.15) is 0 Å². The van der Waals surface area contributed by atoms with Gasteiger partial charge in [0.25, 0.3) is 5.24 Å². The highest BCUT2D eigenvalue weighted by Gasteiger charge is 2.30. The summed E-state index contributed by atoms with van der Waals surface area (Å²) < 4.78 is 1.49. The van der Waals surface area contributed by atoms with Crippen LogP contribution in [0.3, 0.4) is 0 Å². The molecule has 70 valence electrons. The zero-order valence-electron chi connectivity index (χ0n) is 5.18. The Morgan fingerprint density at radius 3 is 2.17 bits per heavy atom. The van der Waals surface area contributed by atoms with Crippen LogP contribution in [0.5, 0.6) is 0 Å². The van der Waals surface area contributed by atoms with Crippen LogP contribution >= 0.6 is 62.2 Å². The Hall–Kier alpha value is 1.44. The normalized spacial score (nSPS) is 13.8. The summed E-state index contributed by atoms with van der Waals surface area (Å²) in [5.41, 5.74) is 0. The summed E-state index contributed by atoms with van der Waals surface area (Å²) in [7, 11) is 0.